The fourth-order valence-corrected chi connectivity index (χ4v) is 4.70. The van der Waals surface area contributed by atoms with E-state index in [0.29, 0.717) is 17.1 Å². The monoisotopic (exact) mass is 499 g/mol. The maximum atomic E-state index is 13.5. The summed E-state index contributed by atoms with van der Waals surface area (Å²) in [6.45, 7) is 3.30. The van der Waals surface area contributed by atoms with Gasteiger partial charge in [-0.3, -0.25) is 4.79 Å². The van der Waals surface area contributed by atoms with Crippen LogP contribution in [0.25, 0.3) is 5.69 Å². The predicted molar refractivity (Wildman–Crippen MR) is 122 cm³/mol. The molecule has 0 radical (unpaired) electrons. The van der Waals surface area contributed by atoms with Gasteiger partial charge < -0.3 is 15.0 Å². The summed E-state index contributed by atoms with van der Waals surface area (Å²) in [5, 5.41) is 17.7. The zero-order valence-electron chi connectivity index (χ0n) is 17.1. The Morgan fingerprint density at radius 3 is 2.44 bits per heavy atom. The van der Waals surface area contributed by atoms with Gasteiger partial charge in [-0.05, 0) is 56.3 Å². The van der Waals surface area contributed by atoms with Crippen molar-refractivity contribution in [3.8, 4) is 5.69 Å². The molecule has 0 saturated carbocycles. The molecular weight excluding hydrogens is 480 g/mol. The Morgan fingerprint density at radius 1 is 1.19 bits per heavy atom. The van der Waals surface area contributed by atoms with Crippen LogP contribution in [0.15, 0.2) is 47.4 Å². The molecule has 0 bridgehead atoms. The minimum absolute atomic E-state index is 0.132. The number of sulfonamides is 1. The molecule has 1 amide bonds. The van der Waals surface area contributed by atoms with Gasteiger partial charge in [0.2, 0.25) is 10.0 Å². The number of nitrogens with one attached hydrogen (secondary N) is 1. The van der Waals surface area contributed by atoms with Crippen molar-refractivity contribution in [2.45, 2.75) is 31.3 Å². The second-order valence-electron chi connectivity index (χ2n) is 7.26. The van der Waals surface area contributed by atoms with E-state index in [4.69, 9.17) is 28.3 Å². The number of hydrogen-bond donors (Lipinski definition) is 3. The normalized spacial score (nSPS) is 12.6. The van der Waals surface area contributed by atoms with E-state index in [1.165, 1.54) is 30.3 Å². The number of carbonyl (C=O) groups is 1. The molecule has 1 atom stereocenters. The van der Waals surface area contributed by atoms with Gasteiger partial charge in [-0.15, -0.1) is 0 Å². The topological polar surface area (TPSA) is 114 Å². The van der Waals surface area contributed by atoms with Crippen LogP contribution in [0.2, 0.25) is 10.0 Å². The first-order chi connectivity index (χ1) is 14.9. The summed E-state index contributed by atoms with van der Waals surface area (Å²) in [4.78, 5) is 12.7. The third kappa shape index (κ3) is 5.13. The van der Waals surface area contributed by atoms with E-state index in [0.717, 1.165) is 6.07 Å². The number of aromatic nitrogens is 1. The van der Waals surface area contributed by atoms with Crippen LogP contribution in [-0.4, -0.2) is 30.1 Å². The average Bonchev–Trinajstić information content (AvgIpc) is 2.96. The summed E-state index contributed by atoms with van der Waals surface area (Å²) >= 11 is 12.2. The summed E-state index contributed by atoms with van der Waals surface area (Å²) in [5.41, 5.74) is 2.11. The van der Waals surface area contributed by atoms with Crippen LogP contribution in [-0.2, 0) is 16.4 Å². The van der Waals surface area contributed by atoms with Crippen LogP contribution >= 0.6 is 23.2 Å². The van der Waals surface area contributed by atoms with Gasteiger partial charge in [-0.25, -0.2) is 17.9 Å². The van der Waals surface area contributed by atoms with E-state index in [1.807, 2.05) is 0 Å². The number of amides is 1. The maximum Gasteiger partial charge on any atom is 0.257 e. The summed E-state index contributed by atoms with van der Waals surface area (Å²) in [5.74, 6) is -0.996. The summed E-state index contributed by atoms with van der Waals surface area (Å²) in [7, 11) is -4.00. The highest BCUT2D eigenvalue weighted by Crippen LogP contribution is 2.29. The largest absolute Gasteiger partial charge is 0.393 e. The molecule has 4 N–H and O–H groups in total. The molecule has 0 aliphatic rings. The van der Waals surface area contributed by atoms with Crippen molar-refractivity contribution in [2.24, 2.45) is 5.14 Å². The molecule has 7 nitrogen and oxygen atoms in total. The Hall–Kier alpha value is -2.43. The number of carbonyl (C=O) groups excluding carboxylic acids is 1. The Balaban J connectivity index is 2.02. The highest BCUT2D eigenvalue weighted by molar-refractivity contribution is 7.89. The Labute approximate surface area is 194 Å². The molecule has 2 aromatic carbocycles. The van der Waals surface area contributed by atoms with Crippen molar-refractivity contribution in [1.29, 1.82) is 0 Å². The SMILES string of the molecule is Cc1c(C(=O)Nc2ccc(S(N)(=O)=O)c(Cl)c2)cc(C[C@H](C)O)n1-c1ccc(F)cc1Cl. The van der Waals surface area contributed by atoms with Gasteiger partial charge >= 0.3 is 0 Å². The van der Waals surface area contributed by atoms with Gasteiger partial charge in [0.1, 0.15) is 10.7 Å². The van der Waals surface area contributed by atoms with Gasteiger partial charge in [0.05, 0.1) is 27.4 Å². The van der Waals surface area contributed by atoms with Crippen LogP contribution in [0.5, 0.6) is 0 Å². The number of aliphatic hydroxyl groups excluding tert-OH is 1. The average molecular weight is 500 g/mol. The molecule has 1 heterocycles. The molecule has 0 aliphatic carbocycles. The van der Waals surface area contributed by atoms with E-state index >= 15 is 0 Å². The fourth-order valence-electron chi connectivity index (χ4n) is 3.36. The highest BCUT2D eigenvalue weighted by atomic mass is 35.5. The standard InChI is InChI=1S/C21H20Cl2FN3O4S/c1-11(28)7-15-10-16(12(2)27(15)19-5-3-13(24)8-17(19)22)21(29)26-14-4-6-20(18(23)9-14)32(25,30)31/h3-6,8-11,28H,7H2,1-2H3,(H,26,29)(H2,25,30,31)/t11-/m0/s1. The third-order valence-corrected chi connectivity index (χ3v) is 6.42. The number of halogens is 3. The van der Waals surface area contributed by atoms with Crippen molar-refractivity contribution in [3.05, 3.63) is 75.3 Å². The molecule has 11 heteroatoms. The van der Waals surface area contributed by atoms with Crippen molar-refractivity contribution in [3.63, 3.8) is 0 Å². The summed E-state index contributed by atoms with van der Waals surface area (Å²) in [6.07, 6.45) is -0.487. The van der Waals surface area contributed by atoms with Crippen molar-refractivity contribution >= 4 is 44.8 Å². The highest BCUT2D eigenvalue weighted by Gasteiger charge is 2.22. The zero-order chi connectivity index (χ0) is 23.8. The zero-order valence-corrected chi connectivity index (χ0v) is 19.4. The number of nitrogens with two attached hydrogens (primary N) is 1. The number of rotatable bonds is 6. The number of hydrogen-bond acceptors (Lipinski definition) is 4. The second-order valence-corrected chi connectivity index (χ2v) is 9.61. The van der Waals surface area contributed by atoms with Gasteiger partial charge in [0, 0.05) is 23.5 Å². The molecule has 170 valence electrons. The Bertz CT molecular complexity index is 1310. The van der Waals surface area contributed by atoms with Gasteiger partial charge in [-0.2, -0.15) is 0 Å². The number of primary sulfonamides is 1. The number of anilines is 1. The van der Waals surface area contributed by atoms with Gasteiger partial charge in [0.15, 0.2) is 0 Å². The molecule has 0 unspecified atom stereocenters. The van der Waals surface area contributed by atoms with E-state index < -0.39 is 27.9 Å². The van der Waals surface area contributed by atoms with Crippen molar-refractivity contribution < 1.29 is 22.7 Å². The summed E-state index contributed by atoms with van der Waals surface area (Å²) in [6, 6.07) is 9.35. The molecular formula is C21H20Cl2FN3O4S. The number of nitrogens with zero attached hydrogens (tertiary/aromatic N) is 1. The smallest absolute Gasteiger partial charge is 0.257 e. The number of aliphatic hydroxyl groups is 1. The Kier molecular flexibility index (Phi) is 6.97. The lowest BCUT2D eigenvalue weighted by Gasteiger charge is -2.15. The van der Waals surface area contributed by atoms with Crippen LogP contribution in [0.1, 0.15) is 28.7 Å². The molecule has 0 fully saturated rings. The third-order valence-electron chi connectivity index (χ3n) is 4.72. The maximum absolute atomic E-state index is 13.5. The first-order valence-corrected chi connectivity index (χ1v) is 11.7. The fraction of sp³-hybridized carbons (Fsp3) is 0.190. The van der Waals surface area contributed by atoms with Gasteiger partial charge in [-0.1, -0.05) is 23.2 Å². The molecule has 32 heavy (non-hydrogen) atoms. The molecule has 3 rings (SSSR count). The van der Waals surface area contributed by atoms with E-state index in [2.05, 4.69) is 5.32 Å². The van der Waals surface area contributed by atoms with E-state index in [-0.39, 0.29) is 32.6 Å². The van der Waals surface area contributed by atoms with Gasteiger partial charge in [0.25, 0.3) is 5.91 Å². The molecule has 0 spiro atoms. The lowest BCUT2D eigenvalue weighted by Crippen LogP contribution is -2.15. The van der Waals surface area contributed by atoms with E-state index in [1.54, 1.807) is 24.5 Å². The molecule has 0 saturated heterocycles. The van der Waals surface area contributed by atoms with E-state index in [9.17, 15) is 22.7 Å². The van der Waals surface area contributed by atoms with Crippen LogP contribution in [0, 0.1) is 12.7 Å². The second kappa shape index (κ2) is 9.21. The predicted octanol–water partition coefficient (Wildman–Crippen LogP) is 4.05. The lowest BCUT2D eigenvalue weighted by molar-refractivity contribution is 0.102. The minimum Gasteiger partial charge on any atom is -0.393 e. The molecule has 1 aromatic heterocycles. The molecule has 0 aliphatic heterocycles. The lowest BCUT2D eigenvalue weighted by atomic mass is 10.2. The summed E-state index contributed by atoms with van der Waals surface area (Å²) < 4.78 is 38.2. The van der Waals surface area contributed by atoms with Crippen LogP contribution in [0.3, 0.4) is 0 Å². The quantitative estimate of drug-likeness (QED) is 0.474. The van der Waals surface area contributed by atoms with Crippen molar-refractivity contribution in [1.82, 2.24) is 4.57 Å². The first kappa shape index (κ1) is 24.2. The van der Waals surface area contributed by atoms with Crippen LogP contribution in [0.4, 0.5) is 10.1 Å². The minimum atomic E-state index is -4.00. The Morgan fingerprint density at radius 2 is 1.88 bits per heavy atom. The first-order valence-electron chi connectivity index (χ1n) is 9.37. The number of benzene rings is 2. The van der Waals surface area contributed by atoms with Crippen LogP contribution < -0.4 is 10.5 Å². The molecule has 3 aromatic rings. The van der Waals surface area contributed by atoms with Crippen molar-refractivity contribution in [2.75, 3.05) is 5.32 Å².